The van der Waals surface area contributed by atoms with Crippen molar-refractivity contribution < 1.29 is 14.0 Å². The van der Waals surface area contributed by atoms with Crippen LogP contribution in [0.25, 0.3) is 0 Å². The van der Waals surface area contributed by atoms with Gasteiger partial charge in [0.05, 0.1) is 30.0 Å². The van der Waals surface area contributed by atoms with Crippen molar-refractivity contribution in [3.8, 4) is 0 Å². The van der Waals surface area contributed by atoms with Crippen molar-refractivity contribution >= 4 is 29.1 Å². The maximum atomic E-state index is 13.0. The number of anilines is 1. The Bertz CT molecular complexity index is 1070. The highest BCUT2D eigenvalue weighted by Gasteiger charge is 2.27. The molecule has 2 N–H and O–H groups in total. The summed E-state index contributed by atoms with van der Waals surface area (Å²) in [5.41, 5.74) is 2.00. The molecule has 1 aliphatic heterocycles. The highest BCUT2D eigenvalue weighted by Crippen LogP contribution is 2.24. The van der Waals surface area contributed by atoms with Crippen molar-refractivity contribution in [1.29, 1.82) is 0 Å². The van der Waals surface area contributed by atoms with Gasteiger partial charge in [-0.05, 0) is 55.3 Å². The number of hydrogen-bond acceptors (Lipinski definition) is 4. The summed E-state index contributed by atoms with van der Waals surface area (Å²) in [5, 5.41) is 6.55. The fourth-order valence-electron chi connectivity index (χ4n) is 3.98. The first-order valence-electron chi connectivity index (χ1n) is 10.8. The Labute approximate surface area is 192 Å². The SMILES string of the molecule is O=C(NCc1ccco1)c1ccccc1NC(=O)C1CCCN(Cc2ccccc2Cl)C1. The highest BCUT2D eigenvalue weighted by atomic mass is 35.5. The summed E-state index contributed by atoms with van der Waals surface area (Å²) >= 11 is 6.31. The zero-order valence-corrected chi connectivity index (χ0v) is 18.5. The predicted octanol–water partition coefficient (Wildman–Crippen LogP) is 4.71. The lowest BCUT2D eigenvalue weighted by Crippen LogP contribution is -2.40. The van der Waals surface area contributed by atoms with Crippen LogP contribution in [-0.2, 0) is 17.9 Å². The van der Waals surface area contributed by atoms with E-state index in [0.717, 1.165) is 36.5 Å². The van der Waals surface area contributed by atoms with Crippen molar-refractivity contribution in [3.63, 3.8) is 0 Å². The third-order valence-corrected chi connectivity index (χ3v) is 6.03. The van der Waals surface area contributed by atoms with Crippen molar-refractivity contribution in [1.82, 2.24) is 10.2 Å². The lowest BCUT2D eigenvalue weighted by atomic mass is 9.96. The van der Waals surface area contributed by atoms with Crippen molar-refractivity contribution in [2.75, 3.05) is 18.4 Å². The molecular formula is C25H26ClN3O3. The minimum atomic E-state index is -0.263. The molecule has 0 aliphatic carbocycles. The van der Waals surface area contributed by atoms with Crippen LogP contribution in [-0.4, -0.2) is 29.8 Å². The Morgan fingerprint density at radius 3 is 2.69 bits per heavy atom. The summed E-state index contributed by atoms with van der Waals surface area (Å²) in [6.45, 7) is 2.59. The number of benzene rings is 2. The number of carbonyl (C=O) groups is 2. The van der Waals surface area contributed by atoms with Gasteiger partial charge < -0.3 is 15.1 Å². The summed E-state index contributed by atoms with van der Waals surface area (Å²) in [6.07, 6.45) is 3.32. The van der Waals surface area contributed by atoms with Gasteiger partial charge in [0.1, 0.15) is 5.76 Å². The van der Waals surface area contributed by atoms with Gasteiger partial charge in [-0.1, -0.05) is 41.9 Å². The van der Waals surface area contributed by atoms with Crippen LogP contribution in [0.15, 0.2) is 71.3 Å². The van der Waals surface area contributed by atoms with E-state index in [1.54, 1.807) is 36.6 Å². The van der Waals surface area contributed by atoms with Gasteiger partial charge in [-0.25, -0.2) is 0 Å². The molecule has 1 aliphatic rings. The van der Waals surface area contributed by atoms with Crippen LogP contribution in [0.2, 0.25) is 5.02 Å². The summed E-state index contributed by atoms with van der Waals surface area (Å²) in [7, 11) is 0. The Hall–Kier alpha value is -3.09. The van der Waals surface area contributed by atoms with Crippen LogP contribution in [0.5, 0.6) is 0 Å². The Morgan fingerprint density at radius 1 is 1.06 bits per heavy atom. The van der Waals surface area contributed by atoms with Crippen molar-refractivity contribution in [2.45, 2.75) is 25.9 Å². The molecule has 1 atom stereocenters. The molecule has 0 spiro atoms. The van der Waals surface area contributed by atoms with Crippen LogP contribution < -0.4 is 10.6 Å². The smallest absolute Gasteiger partial charge is 0.253 e. The number of halogens is 1. The van der Waals surface area contributed by atoms with E-state index in [0.29, 0.717) is 23.6 Å². The molecule has 7 heteroatoms. The van der Waals surface area contributed by atoms with Gasteiger partial charge in [-0.3, -0.25) is 14.5 Å². The van der Waals surface area contributed by atoms with Crippen LogP contribution in [0.3, 0.4) is 0 Å². The quantitative estimate of drug-likeness (QED) is 0.545. The number of nitrogens with one attached hydrogen (secondary N) is 2. The van der Waals surface area contributed by atoms with Crippen molar-refractivity contribution in [3.05, 3.63) is 88.8 Å². The monoisotopic (exact) mass is 451 g/mol. The second-order valence-electron chi connectivity index (χ2n) is 7.96. The van der Waals surface area contributed by atoms with Gasteiger partial charge in [0, 0.05) is 18.1 Å². The average molecular weight is 452 g/mol. The number of para-hydroxylation sites is 1. The van der Waals surface area contributed by atoms with E-state index in [1.807, 2.05) is 30.3 Å². The van der Waals surface area contributed by atoms with Gasteiger partial charge in [-0.2, -0.15) is 0 Å². The van der Waals surface area contributed by atoms with Crippen LogP contribution in [0.1, 0.15) is 34.5 Å². The minimum Gasteiger partial charge on any atom is -0.467 e. The van der Waals surface area contributed by atoms with Gasteiger partial charge in [0.2, 0.25) is 5.91 Å². The first kappa shape index (κ1) is 22.1. The molecule has 2 amide bonds. The first-order chi connectivity index (χ1) is 15.6. The molecule has 0 saturated carbocycles. The summed E-state index contributed by atoms with van der Waals surface area (Å²) in [6, 6.07) is 18.4. The average Bonchev–Trinajstić information content (AvgIpc) is 3.33. The standard InChI is InChI=1S/C25H26ClN3O3/c26-22-11-3-1-7-18(22)16-29-13-5-8-19(17-29)24(30)28-23-12-4-2-10-21(23)25(31)27-15-20-9-6-14-32-20/h1-4,6-7,9-12,14,19H,5,8,13,15-17H2,(H,27,31)(H,28,30). The molecule has 32 heavy (non-hydrogen) atoms. The highest BCUT2D eigenvalue weighted by molar-refractivity contribution is 6.31. The van der Waals surface area contributed by atoms with Crippen LogP contribution in [0.4, 0.5) is 5.69 Å². The molecule has 6 nitrogen and oxygen atoms in total. The van der Waals surface area contributed by atoms with E-state index in [1.165, 1.54) is 0 Å². The molecular weight excluding hydrogens is 426 g/mol. The topological polar surface area (TPSA) is 74.6 Å². The Balaban J connectivity index is 1.38. The molecule has 1 fully saturated rings. The Kier molecular flexibility index (Phi) is 7.24. The number of piperidine rings is 1. The number of rotatable bonds is 7. The zero-order chi connectivity index (χ0) is 22.3. The van der Waals surface area contributed by atoms with E-state index in [4.69, 9.17) is 16.0 Å². The van der Waals surface area contributed by atoms with E-state index < -0.39 is 0 Å². The van der Waals surface area contributed by atoms with Crippen LogP contribution in [0, 0.1) is 5.92 Å². The molecule has 4 rings (SSSR count). The van der Waals surface area contributed by atoms with Crippen molar-refractivity contribution in [2.24, 2.45) is 5.92 Å². The predicted molar refractivity (Wildman–Crippen MR) is 124 cm³/mol. The van der Waals surface area contributed by atoms with Gasteiger partial charge in [0.15, 0.2) is 0 Å². The molecule has 2 aromatic carbocycles. The molecule has 0 radical (unpaired) electrons. The van der Waals surface area contributed by atoms with Gasteiger partial charge >= 0.3 is 0 Å². The largest absolute Gasteiger partial charge is 0.467 e. The maximum Gasteiger partial charge on any atom is 0.253 e. The lowest BCUT2D eigenvalue weighted by molar-refractivity contribution is -0.121. The van der Waals surface area contributed by atoms with E-state index in [2.05, 4.69) is 15.5 Å². The number of nitrogens with zero attached hydrogens (tertiary/aromatic N) is 1. The van der Waals surface area contributed by atoms with Gasteiger partial charge in [0.25, 0.3) is 5.91 Å². The number of amides is 2. The van der Waals surface area contributed by atoms with E-state index in [-0.39, 0.29) is 24.3 Å². The number of furan rings is 1. The van der Waals surface area contributed by atoms with E-state index in [9.17, 15) is 9.59 Å². The van der Waals surface area contributed by atoms with E-state index >= 15 is 0 Å². The molecule has 166 valence electrons. The first-order valence-corrected chi connectivity index (χ1v) is 11.1. The molecule has 0 bridgehead atoms. The fraction of sp³-hybridized carbons (Fsp3) is 0.280. The molecule has 1 unspecified atom stereocenters. The molecule has 1 aromatic heterocycles. The number of carbonyl (C=O) groups excluding carboxylic acids is 2. The Morgan fingerprint density at radius 2 is 1.88 bits per heavy atom. The fourth-order valence-corrected chi connectivity index (χ4v) is 4.18. The van der Waals surface area contributed by atoms with Crippen LogP contribution >= 0.6 is 11.6 Å². The number of hydrogen-bond donors (Lipinski definition) is 2. The summed E-state index contributed by atoms with van der Waals surface area (Å²) in [5.74, 6) is 0.188. The number of likely N-dealkylation sites (tertiary alicyclic amines) is 1. The zero-order valence-electron chi connectivity index (χ0n) is 17.7. The van der Waals surface area contributed by atoms with Gasteiger partial charge in [-0.15, -0.1) is 0 Å². The third kappa shape index (κ3) is 5.58. The second kappa shape index (κ2) is 10.5. The molecule has 3 aromatic rings. The third-order valence-electron chi connectivity index (χ3n) is 5.66. The lowest BCUT2D eigenvalue weighted by Gasteiger charge is -2.32. The summed E-state index contributed by atoms with van der Waals surface area (Å²) < 4.78 is 5.26. The maximum absolute atomic E-state index is 13.0. The normalized spacial score (nSPS) is 16.5. The minimum absolute atomic E-state index is 0.0693. The molecule has 2 heterocycles. The molecule has 1 saturated heterocycles. The second-order valence-corrected chi connectivity index (χ2v) is 8.37. The summed E-state index contributed by atoms with van der Waals surface area (Å²) in [4.78, 5) is 28.0.